The summed E-state index contributed by atoms with van der Waals surface area (Å²) in [4.78, 5) is 14.6. The van der Waals surface area contributed by atoms with Crippen molar-refractivity contribution in [2.75, 3.05) is 13.7 Å². The lowest BCUT2D eigenvalue weighted by Crippen LogP contribution is -2.37. The van der Waals surface area contributed by atoms with E-state index >= 15 is 0 Å². The van der Waals surface area contributed by atoms with Crippen LogP contribution in [0, 0.1) is 5.92 Å². The molecule has 1 aromatic carbocycles. The summed E-state index contributed by atoms with van der Waals surface area (Å²) in [5, 5.41) is 4.29. The van der Waals surface area contributed by atoms with Crippen LogP contribution in [0.4, 0.5) is 0 Å². The first-order valence-electron chi connectivity index (χ1n) is 9.01. The standard InChI is InChI=1S/C20H26N2O3/c1-14(2)20(23)22-12-6-4-5-7-18(22)17-13-19(25-21-17)15-8-10-16(24-3)11-9-15/h8-11,13-14,18H,4-7,12H2,1-3H3/t18-/m0/s1. The van der Waals surface area contributed by atoms with Gasteiger partial charge in [0.15, 0.2) is 5.76 Å². The molecule has 1 atom stereocenters. The molecule has 3 rings (SSSR count). The number of carbonyl (C=O) groups is 1. The van der Waals surface area contributed by atoms with E-state index in [0.717, 1.165) is 55.0 Å². The van der Waals surface area contributed by atoms with Gasteiger partial charge in [0.25, 0.3) is 0 Å². The molecule has 1 amide bonds. The number of rotatable bonds is 4. The summed E-state index contributed by atoms with van der Waals surface area (Å²) in [6, 6.07) is 9.68. The van der Waals surface area contributed by atoms with Crippen LogP contribution in [0.5, 0.6) is 5.75 Å². The summed E-state index contributed by atoms with van der Waals surface area (Å²) in [5.74, 6) is 1.72. The first-order valence-corrected chi connectivity index (χ1v) is 9.01. The molecule has 0 aliphatic carbocycles. The number of methoxy groups -OCH3 is 1. The van der Waals surface area contributed by atoms with Crippen LogP contribution in [0.1, 0.15) is 51.3 Å². The van der Waals surface area contributed by atoms with Gasteiger partial charge >= 0.3 is 0 Å². The number of ether oxygens (including phenoxy) is 1. The first kappa shape index (κ1) is 17.5. The molecular formula is C20H26N2O3. The van der Waals surface area contributed by atoms with Crippen LogP contribution in [0.3, 0.4) is 0 Å². The fraction of sp³-hybridized carbons (Fsp3) is 0.500. The average Bonchev–Trinajstić information content (AvgIpc) is 2.99. The lowest BCUT2D eigenvalue weighted by molar-refractivity contribution is -0.137. The number of carbonyl (C=O) groups excluding carboxylic acids is 1. The average molecular weight is 342 g/mol. The van der Waals surface area contributed by atoms with Crippen molar-refractivity contribution in [3.05, 3.63) is 36.0 Å². The second kappa shape index (κ2) is 7.72. The molecule has 1 fully saturated rings. The first-order chi connectivity index (χ1) is 12.1. The Kier molecular flexibility index (Phi) is 5.41. The minimum atomic E-state index is -0.00596. The van der Waals surface area contributed by atoms with E-state index in [-0.39, 0.29) is 17.9 Å². The van der Waals surface area contributed by atoms with Crippen LogP contribution >= 0.6 is 0 Å². The van der Waals surface area contributed by atoms with Crippen LogP contribution in [0.15, 0.2) is 34.9 Å². The number of aromatic nitrogens is 1. The molecule has 0 saturated carbocycles. The Morgan fingerprint density at radius 2 is 2.00 bits per heavy atom. The number of benzene rings is 1. The zero-order valence-electron chi connectivity index (χ0n) is 15.2. The van der Waals surface area contributed by atoms with Crippen molar-refractivity contribution in [3.63, 3.8) is 0 Å². The van der Waals surface area contributed by atoms with Crippen molar-refractivity contribution in [1.29, 1.82) is 0 Å². The molecule has 0 unspecified atom stereocenters. The van der Waals surface area contributed by atoms with Crippen molar-refractivity contribution in [1.82, 2.24) is 10.1 Å². The number of hydrogen-bond donors (Lipinski definition) is 0. The third-order valence-electron chi connectivity index (χ3n) is 4.77. The summed E-state index contributed by atoms with van der Waals surface area (Å²) >= 11 is 0. The summed E-state index contributed by atoms with van der Waals surface area (Å²) in [7, 11) is 1.65. The molecule has 5 nitrogen and oxygen atoms in total. The fourth-order valence-electron chi connectivity index (χ4n) is 3.35. The van der Waals surface area contributed by atoms with Gasteiger partial charge in [0.1, 0.15) is 11.4 Å². The number of hydrogen-bond acceptors (Lipinski definition) is 4. The molecule has 0 spiro atoms. The van der Waals surface area contributed by atoms with Gasteiger partial charge in [-0.05, 0) is 37.1 Å². The Balaban J connectivity index is 1.86. The molecule has 1 aliphatic heterocycles. The Morgan fingerprint density at radius 1 is 1.24 bits per heavy atom. The number of nitrogens with zero attached hydrogens (tertiary/aromatic N) is 2. The van der Waals surface area contributed by atoms with Gasteiger partial charge in [0.2, 0.25) is 5.91 Å². The van der Waals surface area contributed by atoms with Gasteiger partial charge in [0, 0.05) is 24.1 Å². The molecule has 2 heterocycles. The predicted molar refractivity (Wildman–Crippen MR) is 96.3 cm³/mol. The number of amides is 1. The normalized spacial score (nSPS) is 18.2. The molecule has 5 heteroatoms. The van der Waals surface area contributed by atoms with Gasteiger partial charge in [-0.2, -0.15) is 0 Å². The van der Waals surface area contributed by atoms with E-state index in [0.29, 0.717) is 0 Å². The molecule has 1 saturated heterocycles. The molecule has 1 aromatic heterocycles. The fourth-order valence-corrected chi connectivity index (χ4v) is 3.35. The molecule has 0 radical (unpaired) electrons. The molecule has 0 N–H and O–H groups in total. The summed E-state index contributed by atoms with van der Waals surface area (Å²) in [5.41, 5.74) is 1.80. The monoisotopic (exact) mass is 342 g/mol. The highest BCUT2D eigenvalue weighted by Crippen LogP contribution is 2.33. The second-order valence-electron chi connectivity index (χ2n) is 6.90. The summed E-state index contributed by atoms with van der Waals surface area (Å²) in [6.07, 6.45) is 4.25. The zero-order chi connectivity index (χ0) is 17.8. The number of likely N-dealkylation sites (tertiary alicyclic amines) is 1. The van der Waals surface area contributed by atoms with Gasteiger partial charge in [-0.25, -0.2) is 0 Å². The maximum Gasteiger partial charge on any atom is 0.225 e. The summed E-state index contributed by atoms with van der Waals surface area (Å²) in [6.45, 7) is 4.71. The second-order valence-corrected chi connectivity index (χ2v) is 6.90. The maximum atomic E-state index is 12.6. The molecule has 2 aromatic rings. The molecule has 25 heavy (non-hydrogen) atoms. The van der Waals surface area contributed by atoms with Crippen LogP contribution in [-0.4, -0.2) is 29.6 Å². The van der Waals surface area contributed by atoms with E-state index in [4.69, 9.17) is 9.26 Å². The largest absolute Gasteiger partial charge is 0.497 e. The van der Waals surface area contributed by atoms with Crippen LogP contribution in [0.25, 0.3) is 11.3 Å². The van der Waals surface area contributed by atoms with Crippen molar-refractivity contribution in [3.8, 4) is 17.1 Å². The van der Waals surface area contributed by atoms with Crippen LogP contribution in [0.2, 0.25) is 0 Å². The Bertz CT molecular complexity index is 706. The Hall–Kier alpha value is -2.30. The van der Waals surface area contributed by atoms with Gasteiger partial charge < -0.3 is 14.2 Å². The highest BCUT2D eigenvalue weighted by molar-refractivity contribution is 5.78. The minimum absolute atomic E-state index is 0.00596. The van der Waals surface area contributed by atoms with E-state index in [9.17, 15) is 4.79 Å². The quantitative estimate of drug-likeness (QED) is 0.824. The van der Waals surface area contributed by atoms with Crippen molar-refractivity contribution >= 4 is 5.91 Å². The third kappa shape index (κ3) is 3.86. The van der Waals surface area contributed by atoms with E-state index in [1.165, 1.54) is 0 Å². The van der Waals surface area contributed by atoms with Crippen molar-refractivity contribution in [2.45, 2.75) is 45.6 Å². The highest BCUT2D eigenvalue weighted by Gasteiger charge is 2.30. The van der Waals surface area contributed by atoms with Gasteiger partial charge in [-0.3, -0.25) is 4.79 Å². The Morgan fingerprint density at radius 3 is 2.68 bits per heavy atom. The van der Waals surface area contributed by atoms with Gasteiger partial charge in [-0.1, -0.05) is 31.8 Å². The van der Waals surface area contributed by atoms with E-state index in [2.05, 4.69) is 5.16 Å². The predicted octanol–water partition coefficient (Wildman–Crippen LogP) is 4.45. The van der Waals surface area contributed by atoms with Crippen LogP contribution < -0.4 is 4.74 Å². The highest BCUT2D eigenvalue weighted by atomic mass is 16.5. The smallest absolute Gasteiger partial charge is 0.225 e. The van der Waals surface area contributed by atoms with Crippen LogP contribution in [-0.2, 0) is 4.79 Å². The Labute approximate surface area is 148 Å². The zero-order valence-corrected chi connectivity index (χ0v) is 15.2. The third-order valence-corrected chi connectivity index (χ3v) is 4.77. The summed E-state index contributed by atoms with van der Waals surface area (Å²) < 4.78 is 10.8. The lowest BCUT2D eigenvalue weighted by Gasteiger charge is -2.30. The molecule has 134 valence electrons. The lowest BCUT2D eigenvalue weighted by atomic mass is 10.0. The maximum absolute atomic E-state index is 12.6. The van der Waals surface area contributed by atoms with E-state index in [1.807, 2.05) is 49.1 Å². The topological polar surface area (TPSA) is 55.6 Å². The van der Waals surface area contributed by atoms with Crippen molar-refractivity contribution in [2.24, 2.45) is 5.92 Å². The van der Waals surface area contributed by atoms with Gasteiger partial charge in [0.05, 0.1) is 13.2 Å². The van der Waals surface area contributed by atoms with E-state index < -0.39 is 0 Å². The molecule has 0 bridgehead atoms. The SMILES string of the molecule is COc1ccc(-c2cc([C@@H]3CCCCCN3C(=O)C(C)C)no2)cc1. The van der Waals surface area contributed by atoms with E-state index in [1.54, 1.807) is 7.11 Å². The molecular weight excluding hydrogens is 316 g/mol. The minimum Gasteiger partial charge on any atom is -0.497 e. The molecule has 1 aliphatic rings. The van der Waals surface area contributed by atoms with Gasteiger partial charge in [-0.15, -0.1) is 0 Å². The van der Waals surface area contributed by atoms with Crippen molar-refractivity contribution < 1.29 is 14.1 Å².